The van der Waals surface area contributed by atoms with Crippen molar-refractivity contribution in [2.24, 2.45) is 0 Å². The predicted molar refractivity (Wildman–Crippen MR) is 55.1 cm³/mol. The third-order valence-electron chi connectivity index (χ3n) is 1.88. The van der Waals surface area contributed by atoms with Crippen LogP contribution in [0.3, 0.4) is 0 Å². The highest BCUT2D eigenvalue weighted by Crippen LogP contribution is 2.17. The van der Waals surface area contributed by atoms with Crippen LogP contribution >= 0.6 is 12.6 Å². The van der Waals surface area contributed by atoms with Crippen LogP contribution in [0.5, 0.6) is 0 Å². The summed E-state index contributed by atoms with van der Waals surface area (Å²) in [5, 5.41) is 0.628. The first kappa shape index (κ1) is 8.26. The summed E-state index contributed by atoms with van der Waals surface area (Å²) < 4.78 is 0. The Kier molecular flexibility index (Phi) is 2.02. The molecular weight excluding hydrogens is 182 g/mol. The van der Waals surface area contributed by atoms with Gasteiger partial charge in [-0.1, -0.05) is 12.1 Å². The molecule has 3 heteroatoms. The van der Waals surface area contributed by atoms with Crippen molar-refractivity contribution in [3.63, 3.8) is 0 Å². The van der Waals surface area contributed by atoms with Crippen LogP contribution in [0.1, 0.15) is 10.4 Å². The molecule has 0 N–H and O–H groups in total. The lowest BCUT2D eigenvalue weighted by molar-refractivity contribution is 0.109. The summed E-state index contributed by atoms with van der Waals surface area (Å²) in [5.74, 6) is 0. The number of carbonyl (C=O) groups is 1. The highest BCUT2D eigenvalue weighted by Gasteiger charge is 2.04. The van der Waals surface area contributed by atoms with Gasteiger partial charge in [-0.2, -0.15) is 0 Å². The molecule has 1 aromatic heterocycles. The smallest absolute Gasteiger partial charge is 0.217 e. The van der Waals surface area contributed by atoms with Crippen molar-refractivity contribution in [1.82, 2.24) is 4.98 Å². The Morgan fingerprint density at radius 3 is 2.85 bits per heavy atom. The maximum Gasteiger partial charge on any atom is 0.217 e. The SMILES string of the molecule is O=C(S)c1cccc2ncccc12. The Balaban J connectivity index is 2.83. The summed E-state index contributed by atoms with van der Waals surface area (Å²) in [6.07, 6.45) is 1.70. The number of hydrogen-bond acceptors (Lipinski definition) is 2. The predicted octanol–water partition coefficient (Wildman–Crippen LogP) is 2.30. The molecule has 0 atom stereocenters. The molecule has 0 aliphatic rings. The Morgan fingerprint density at radius 2 is 2.08 bits per heavy atom. The molecule has 1 heterocycles. The number of carbonyl (C=O) groups excluding carboxylic acids is 1. The minimum Gasteiger partial charge on any atom is -0.282 e. The van der Waals surface area contributed by atoms with Crippen molar-refractivity contribution in [1.29, 1.82) is 0 Å². The third kappa shape index (κ3) is 1.42. The number of nitrogens with zero attached hydrogens (tertiary/aromatic N) is 1. The van der Waals surface area contributed by atoms with Crippen LogP contribution in [0.2, 0.25) is 0 Å². The zero-order valence-corrected chi connectivity index (χ0v) is 7.66. The summed E-state index contributed by atoms with van der Waals surface area (Å²) in [4.78, 5) is 15.2. The molecule has 13 heavy (non-hydrogen) atoms. The van der Waals surface area contributed by atoms with Crippen LogP contribution in [0.15, 0.2) is 36.5 Å². The van der Waals surface area contributed by atoms with E-state index in [0.29, 0.717) is 5.56 Å². The summed E-state index contributed by atoms with van der Waals surface area (Å²) in [6, 6.07) is 9.10. The van der Waals surface area contributed by atoms with E-state index in [2.05, 4.69) is 17.6 Å². The Labute approximate surface area is 81.0 Å². The van der Waals surface area contributed by atoms with Crippen LogP contribution < -0.4 is 0 Å². The highest BCUT2D eigenvalue weighted by molar-refractivity contribution is 7.97. The van der Waals surface area contributed by atoms with Crippen LogP contribution in [0.25, 0.3) is 10.9 Å². The topological polar surface area (TPSA) is 30.0 Å². The molecule has 0 bridgehead atoms. The summed E-state index contributed by atoms with van der Waals surface area (Å²) in [6.45, 7) is 0. The average Bonchev–Trinajstić information content (AvgIpc) is 2.17. The number of pyridine rings is 1. The molecule has 0 unspecified atom stereocenters. The van der Waals surface area contributed by atoms with E-state index >= 15 is 0 Å². The normalized spacial score (nSPS) is 10.2. The van der Waals surface area contributed by atoms with Crippen molar-refractivity contribution < 1.29 is 4.79 Å². The second kappa shape index (κ2) is 3.18. The lowest BCUT2D eigenvalue weighted by atomic mass is 10.1. The molecule has 0 fully saturated rings. The number of aromatic nitrogens is 1. The molecule has 0 radical (unpaired) electrons. The number of fused-ring (bicyclic) bond motifs is 1. The van der Waals surface area contributed by atoms with Gasteiger partial charge in [0, 0.05) is 17.1 Å². The molecule has 2 nitrogen and oxygen atoms in total. The standard InChI is InChI=1S/C10H7NOS/c12-10(13)8-3-1-5-9-7(8)4-2-6-11-9/h1-6H,(H,12,13). The molecule has 0 saturated heterocycles. The fraction of sp³-hybridized carbons (Fsp3) is 0. The molecular formula is C10H7NOS. The van der Waals surface area contributed by atoms with Gasteiger partial charge in [0.15, 0.2) is 0 Å². The van der Waals surface area contributed by atoms with Gasteiger partial charge >= 0.3 is 0 Å². The van der Waals surface area contributed by atoms with Gasteiger partial charge in [-0.15, -0.1) is 12.6 Å². The second-order valence-electron chi connectivity index (χ2n) is 2.68. The van der Waals surface area contributed by atoms with Crippen LogP contribution in [-0.4, -0.2) is 10.1 Å². The monoisotopic (exact) mass is 189 g/mol. The first-order valence-electron chi connectivity index (χ1n) is 3.86. The molecule has 0 aliphatic heterocycles. The Hall–Kier alpha value is -1.35. The van der Waals surface area contributed by atoms with Crippen molar-refractivity contribution in [3.05, 3.63) is 42.1 Å². The van der Waals surface area contributed by atoms with Gasteiger partial charge in [-0.05, 0) is 18.2 Å². The van der Waals surface area contributed by atoms with Crippen molar-refractivity contribution in [2.45, 2.75) is 0 Å². The fourth-order valence-electron chi connectivity index (χ4n) is 1.29. The van der Waals surface area contributed by atoms with E-state index in [9.17, 15) is 4.79 Å². The lowest BCUT2D eigenvalue weighted by Gasteiger charge is -2.00. The lowest BCUT2D eigenvalue weighted by Crippen LogP contribution is -1.90. The van der Waals surface area contributed by atoms with E-state index in [1.807, 2.05) is 18.2 Å². The maximum atomic E-state index is 11.1. The van der Waals surface area contributed by atoms with Crippen LogP contribution in [-0.2, 0) is 0 Å². The fourth-order valence-corrected chi connectivity index (χ4v) is 1.48. The van der Waals surface area contributed by atoms with Gasteiger partial charge in [0.05, 0.1) is 5.52 Å². The first-order chi connectivity index (χ1) is 6.29. The number of thiol groups is 1. The zero-order valence-electron chi connectivity index (χ0n) is 6.77. The number of benzene rings is 1. The summed E-state index contributed by atoms with van der Waals surface area (Å²) in [5.41, 5.74) is 1.43. The van der Waals surface area contributed by atoms with Gasteiger partial charge in [-0.3, -0.25) is 9.78 Å². The minimum atomic E-state index is -0.224. The minimum absolute atomic E-state index is 0.224. The second-order valence-corrected chi connectivity index (χ2v) is 3.09. The van der Waals surface area contributed by atoms with Gasteiger partial charge in [0.2, 0.25) is 5.12 Å². The Morgan fingerprint density at radius 1 is 1.23 bits per heavy atom. The largest absolute Gasteiger partial charge is 0.282 e. The van der Waals surface area contributed by atoms with E-state index in [4.69, 9.17) is 0 Å². The molecule has 0 aliphatic carbocycles. The van der Waals surface area contributed by atoms with Crippen molar-refractivity contribution >= 4 is 28.6 Å². The van der Waals surface area contributed by atoms with E-state index in [1.54, 1.807) is 18.3 Å². The molecule has 0 spiro atoms. The van der Waals surface area contributed by atoms with Gasteiger partial charge < -0.3 is 0 Å². The molecule has 1 aromatic carbocycles. The van der Waals surface area contributed by atoms with E-state index in [1.165, 1.54) is 0 Å². The highest BCUT2D eigenvalue weighted by atomic mass is 32.1. The quantitative estimate of drug-likeness (QED) is 0.698. The van der Waals surface area contributed by atoms with E-state index in [-0.39, 0.29) is 5.12 Å². The van der Waals surface area contributed by atoms with Gasteiger partial charge in [0.25, 0.3) is 0 Å². The first-order valence-corrected chi connectivity index (χ1v) is 4.31. The molecule has 2 rings (SSSR count). The van der Waals surface area contributed by atoms with Crippen molar-refractivity contribution in [2.75, 3.05) is 0 Å². The Bertz CT molecular complexity index is 462. The summed E-state index contributed by atoms with van der Waals surface area (Å²) in [7, 11) is 0. The molecule has 64 valence electrons. The van der Waals surface area contributed by atoms with E-state index < -0.39 is 0 Å². The third-order valence-corrected chi connectivity index (χ3v) is 2.12. The van der Waals surface area contributed by atoms with Crippen LogP contribution in [0.4, 0.5) is 0 Å². The van der Waals surface area contributed by atoms with Crippen molar-refractivity contribution in [3.8, 4) is 0 Å². The van der Waals surface area contributed by atoms with Gasteiger partial charge in [-0.25, -0.2) is 0 Å². The molecule has 2 aromatic rings. The molecule has 0 amide bonds. The van der Waals surface area contributed by atoms with E-state index in [0.717, 1.165) is 10.9 Å². The number of hydrogen-bond donors (Lipinski definition) is 1. The average molecular weight is 189 g/mol. The molecule has 0 saturated carbocycles. The number of rotatable bonds is 1. The maximum absolute atomic E-state index is 11.1. The van der Waals surface area contributed by atoms with Gasteiger partial charge in [0.1, 0.15) is 0 Å². The van der Waals surface area contributed by atoms with Crippen LogP contribution in [0, 0.1) is 0 Å². The zero-order chi connectivity index (χ0) is 9.26. The summed E-state index contributed by atoms with van der Waals surface area (Å²) >= 11 is 3.80.